The molecule has 0 radical (unpaired) electrons. The van der Waals surface area contributed by atoms with Gasteiger partial charge in [0.2, 0.25) is 11.7 Å². The van der Waals surface area contributed by atoms with Crippen LogP contribution >= 0.6 is 0 Å². The molecular weight excluding hydrogens is 240 g/mol. The summed E-state index contributed by atoms with van der Waals surface area (Å²) in [5.41, 5.74) is 2.25. The first-order valence-corrected chi connectivity index (χ1v) is 6.67. The Kier molecular flexibility index (Phi) is 4.32. The Morgan fingerprint density at radius 3 is 2.42 bits per heavy atom. The van der Waals surface area contributed by atoms with Gasteiger partial charge in [0.25, 0.3) is 0 Å². The minimum Gasteiger partial charge on any atom is -0.393 e. The smallest absolute Gasteiger partial charge is 0.227 e. The molecule has 1 unspecified atom stereocenters. The summed E-state index contributed by atoms with van der Waals surface area (Å²) < 4.78 is 5.17. The highest BCUT2D eigenvalue weighted by Gasteiger charge is 2.09. The number of aliphatic hydroxyl groups is 1. The van der Waals surface area contributed by atoms with Crippen molar-refractivity contribution in [3.05, 3.63) is 35.7 Å². The molecule has 0 aliphatic heterocycles. The van der Waals surface area contributed by atoms with E-state index < -0.39 is 0 Å². The van der Waals surface area contributed by atoms with Crippen LogP contribution in [-0.4, -0.2) is 21.4 Å². The molecule has 1 heterocycles. The van der Waals surface area contributed by atoms with Crippen LogP contribution in [0.3, 0.4) is 0 Å². The fourth-order valence-corrected chi connectivity index (χ4v) is 1.82. The molecule has 0 saturated carbocycles. The van der Waals surface area contributed by atoms with Gasteiger partial charge in [0, 0.05) is 12.0 Å². The van der Waals surface area contributed by atoms with E-state index in [1.165, 1.54) is 5.56 Å². The van der Waals surface area contributed by atoms with Crippen LogP contribution in [0.1, 0.15) is 44.6 Å². The summed E-state index contributed by atoms with van der Waals surface area (Å²) in [7, 11) is 0. The zero-order valence-corrected chi connectivity index (χ0v) is 11.6. The number of rotatable bonds is 5. The Labute approximate surface area is 113 Å². The third-order valence-electron chi connectivity index (χ3n) is 3.08. The number of benzene rings is 1. The van der Waals surface area contributed by atoms with Gasteiger partial charge in [0.1, 0.15) is 0 Å². The maximum absolute atomic E-state index is 9.23. The first-order chi connectivity index (χ1) is 9.06. The SMILES string of the molecule is CC(O)CCc1nc(-c2ccc(C(C)C)cc2)no1. The van der Waals surface area contributed by atoms with Gasteiger partial charge in [-0.05, 0) is 24.8 Å². The van der Waals surface area contributed by atoms with Gasteiger partial charge >= 0.3 is 0 Å². The Morgan fingerprint density at radius 2 is 1.84 bits per heavy atom. The lowest BCUT2D eigenvalue weighted by atomic mass is 10.0. The van der Waals surface area contributed by atoms with E-state index in [2.05, 4.69) is 36.1 Å². The van der Waals surface area contributed by atoms with Crippen molar-refractivity contribution in [2.24, 2.45) is 0 Å². The minimum atomic E-state index is -0.347. The van der Waals surface area contributed by atoms with Crippen molar-refractivity contribution >= 4 is 0 Å². The van der Waals surface area contributed by atoms with Crippen molar-refractivity contribution in [3.63, 3.8) is 0 Å². The van der Waals surface area contributed by atoms with Crippen molar-refractivity contribution in [3.8, 4) is 11.4 Å². The highest BCUT2D eigenvalue weighted by Crippen LogP contribution is 2.20. The molecule has 2 aromatic rings. The van der Waals surface area contributed by atoms with E-state index in [0.717, 1.165) is 5.56 Å². The number of hydrogen-bond acceptors (Lipinski definition) is 4. The predicted octanol–water partition coefficient (Wildman–Crippen LogP) is 3.17. The van der Waals surface area contributed by atoms with Gasteiger partial charge in [-0.3, -0.25) is 0 Å². The molecule has 1 aromatic heterocycles. The molecule has 1 N–H and O–H groups in total. The molecule has 4 nitrogen and oxygen atoms in total. The zero-order valence-electron chi connectivity index (χ0n) is 11.6. The average molecular weight is 260 g/mol. The molecule has 1 aromatic carbocycles. The van der Waals surface area contributed by atoms with E-state index in [-0.39, 0.29) is 6.10 Å². The van der Waals surface area contributed by atoms with Crippen molar-refractivity contribution in [2.75, 3.05) is 0 Å². The molecule has 0 amide bonds. The largest absolute Gasteiger partial charge is 0.393 e. The number of hydrogen-bond donors (Lipinski definition) is 1. The summed E-state index contributed by atoms with van der Waals surface area (Å²) in [6.45, 7) is 6.08. The second kappa shape index (κ2) is 5.97. The molecule has 0 spiro atoms. The molecular formula is C15H20N2O2. The summed E-state index contributed by atoms with van der Waals surface area (Å²) in [6, 6.07) is 8.20. The van der Waals surface area contributed by atoms with E-state index in [1.54, 1.807) is 6.92 Å². The Balaban J connectivity index is 2.09. The molecule has 0 aliphatic rings. The molecule has 19 heavy (non-hydrogen) atoms. The van der Waals surface area contributed by atoms with Crippen LogP contribution in [0.4, 0.5) is 0 Å². The molecule has 4 heteroatoms. The predicted molar refractivity (Wildman–Crippen MR) is 73.8 cm³/mol. The maximum Gasteiger partial charge on any atom is 0.227 e. The van der Waals surface area contributed by atoms with Crippen molar-refractivity contribution < 1.29 is 9.63 Å². The van der Waals surface area contributed by atoms with E-state index in [9.17, 15) is 5.11 Å². The Bertz CT molecular complexity index is 515. The molecule has 0 fully saturated rings. The quantitative estimate of drug-likeness (QED) is 0.897. The van der Waals surface area contributed by atoms with Crippen LogP contribution in [-0.2, 0) is 6.42 Å². The summed E-state index contributed by atoms with van der Waals surface area (Å²) >= 11 is 0. The van der Waals surface area contributed by atoms with Gasteiger partial charge in [-0.2, -0.15) is 4.98 Å². The lowest BCUT2D eigenvalue weighted by Gasteiger charge is -2.04. The Morgan fingerprint density at radius 1 is 1.16 bits per heavy atom. The van der Waals surface area contributed by atoms with Crippen LogP contribution in [0, 0.1) is 0 Å². The Hall–Kier alpha value is -1.68. The molecule has 2 rings (SSSR count). The van der Waals surface area contributed by atoms with Gasteiger partial charge in [0.15, 0.2) is 0 Å². The minimum absolute atomic E-state index is 0.347. The number of aromatic nitrogens is 2. The van der Waals surface area contributed by atoms with Crippen molar-refractivity contribution in [1.82, 2.24) is 10.1 Å². The summed E-state index contributed by atoms with van der Waals surface area (Å²) in [5.74, 6) is 1.70. The standard InChI is InChI=1S/C15H20N2O2/c1-10(2)12-5-7-13(8-6-12)15-16-14(19-17-15)9-4-11(3)18/h5-8,10-11,18H,4,9H2,1-3H3. The van der Waals surface area contributed by atoms with Crippen LogP contribution in [0.5, 0.6) is 0 Å². The van der Waals surface area contributed by atoms with Crippen LogP contribution in [0.2, 0.25) is 0 Å². The summed E-state index contributed by atoms with van der Waals surface area (Å²) in [5, 5.41) is 13.2. The van der Waals surface area contributed by atoms with Gasteiger partial charge in [-0.1, -0.05) is 43.3 Å². The highest BCUT2D eigenvalue weighted by molar-refractivity contribution is 5.54. The van der Waals surface area contributed by atoms with Gasteiger partial charge in [0.05, 0.1) is 6.10 Å². The van der Waals surface area contributed by atoms with Gasteiger partial charge < -0.3 is 9.63 Å². The fourth-order valence-electron chi connectivity index (χ4n) is 1.82. The second-order valence-electron chi connectivity index (χ2n) is 5.18. The van der Waals surface area contributed by atoms with Crippen LogP contribution in [0.25, 0.3) is 11.4 Å². The lowest BCUT2D eigenvalue weighted by Crippen LogP contribution is -2.01. The van der Waals surface area contributed by atoms with E-state index >= 15 is 0 Å². The normalized spacial score (nSPS) is 12.9. The first kappa shape index (κ1) is 13.7. The third-order valence-corrected chi connectivity index (χ3v) is 3.08. The van der Waals surface area contributed by atoms with E-state index in [4.69, 9.17) is 4.52 Å². The number of aliphatic hydroxyl groups excluding tert-OH is 1. The lowest BCUT2D eigenvalue weighted by molar-refractivity contribution is 0.180. The summed E-state index contributed by atoms with van der Waals surface area (Å²) in [6.07, 6.45) is 0.892. The van der Waals surface area contributed by atoms with E-state index in [0.29, 0.717) is 30.5 Å². The molecule has 0 saturated heterocycles. The number of aryl methyl sites for hydroxylation is 1. The highest BCUT2D eigenvalue weighted by atomic mass is 16.5. The van der Waals surface area contributed by atoms with Crippen LogP contribution in [0.15, 0.2) is 28.8 Å². The third kappa shape index (κ3) is 3.64. The van der Waals surface area contributed by atoms with Crippen LogP contribution < -0.4 is 0 Å². The topological polar surface area (TPSA) is 59.2 Å². The number of nitrogens with zero attached hydrogens (tertiary/aromatic N) is 2. The molecule has 0 aliphatic carbocycles. The first-order valence-electron chi connectivity index (χ1n) is 6.67. The molecule has 0 bridgehead atoms. The summed E-state index contributed by atoms with van der Waals surface area (Å²) in [4.78, 5) is 4.34. The maximum atomic E-state index is 9.23. The molecule has 102 valence electrons. The van der Waals surface area contributed by atoms with Crippen molar-refractivity contribution in [2.45, 2.75) is 45.6 Å². The second-order valence-corrected chi connectivity index (χ2v) is 5.18. The van der Waals surface area contributed by atoms with E-state index in [1.807, 2.05) is 12.1 Å². The van der Waals surface area contributed by atoms with Crippen molar-refractivity contribution in [1.29, 1.82) is 0 Å². The molecule has 1 atom stereocenters. The van der Waals surface area contributed by atoms with Gasteiger partial charge in [-0.15, -0.1) is 0 Å². The zero-order chi connectivity index (χ0) is 13.8. The fraction of sp³-hybridized carbons (Fsp3) is 0.467. The van der Waals surface area contributed by atoms with Gasteiger partial charge in [-0.25, -0.2) is 0 Å². The average Bonchev–Trinajstić information content (AvgIpc) is 2.85. The monoisotopic (exact) mass is 260 g/mol.